The fourth-order valence-electron chi connectivity index (χ4n) is 3.51. The van der Waals surface area contributed by atoms with Crippen molar-refractivity contribution in [1.82, 2.24) is 4.98 Å². The van der Waals surface area contributed by atoms with Gasteiger partial charge in [0, 0.05) is 24.4 Å². The fourth-order valence-corrected chi connectivity index (χ4v) is 4.02. The highest BCUT2D eigenvalue weighted by atomic mass is 35.5. The van der Waals surface area contributed by atoms with E-state index in [4.69, 9.17) is 32.7 Å². The summed E-state index contributed by atoms with van der Waals surface area (Å²) >= 11 is 12.6. The number of alkyl halides is 2. The average molecular weight is 536 g/mol. The molecule has 6 nitrogen and oxygen atoms in total. The topological polar surface area (TPSA) is 74.7 Å². The summed E-state index contributed by atoms with van der Waals surface area (Å²) in [6, 6.07) is 10.4. The van der Waals surface area contributed by atoms with E-state index in [2.05, 4.69) is 9.72 Å². The summed E-state index contributed by atoms with van der Waals surface area (Å²) in [5.74, 6) is -0.353. The smallest absolute Gasteiger partial charge is 0.387 e. The zero-order chi connectivity index (χ0) is 25.7. The van der Waals surface area contributed by atoms with E-state index in [0.717, 1.165) is 12.8 Å². The van der Waals surface area contributed by atoms with Gasteiger partial charge < -0.3 is 14.2 Å². The highest BCUT2D eigenvalue weighted by Crippen LogP contribution is 2.38. The molecule has 3 aromatic rings. The van der Waals surface area contributed by atoms with Crippen LogP contribution in [0.3, 0.4) is 0 Å². The zero-order valence-electron chi connectivity index (χ0n) is 18.8. The summed E-state index contributed by atoms with van der Waals surface area (Å²) < 4.78 is 42.1. The van der Waals surface area contributed by atoms with Crippen molar-refractivity contribution in [2.24, 2.45) is 5.92 Å². The SMILES string of the molecule is O=Cc1cccc(C(=O)O[C@@H](Cc2c(Cl)cncc2Cl)c2ccc(OC(F)F)c(OCC3CC3)c2)c1. The third-order valence-electron chi connectivity index (χ3n) is 5.58. The molecule has 0 aliphatic heterocycles. The van der Waals surface area contributed by atoms with Crippen LogP contribution in [0.15, 0.2) is 54.9 Å². The van der Waals surface area contributed by atoms with Gasteiger partial charge in [0.1, 0.15) is 12.4 Å². The first-order valence-corrected chi connectivity index (χ1v) is 11.8. The Labute approximate surface area is 216 Å². The Morgan fingerprint density at radius 1 is 1.08 bits per heavy atom. The highest BCUT2D eigenvalue weighted by Gasteiger charge is 2.26. The number of benzene rings is 2. The molecule has 2 aromatic carbocycles. The van der Waals surface area contributed by atoms with E-state index in [-0.39, 0.29) is 33.5 Å². The van der Waals surface area contributed by atoms with Crippen LogP contribution in [-0.4, -0.2) is 30.5 Å². The standard InChI is InChI=1S/C26H21Cl2F2NO5/c27-20-11-31-12-21(28)19(20)10-23(35-25(33)18-3-1-2-16(8-18)13-32)17-6-7-22(36-26(29)30)24(9-17)34-14-15-4-5-15/h1-3,6-9,11-13,15,23,26H,4-5,10,14H2/t23-/m0/s1. The number of carbonyl (C=O) groups is 2. The molecule has 4 rings (SSSR count). The molecule has 0 N–H and O–H groups in total. The monoisotopic (exact) mass is 535 g/mol. The first kappa shape index (κ1) is 25.9. The molecule has 1 fully saturated rings. The van der Waals surface area contributed by atoms with Gasteiger partial charge in [-0.05, 0) is 54.2 Å². The number of hydrogen-bond acceptors (Lipinski definition) is 6. The maximum absolute atomic E-state index is 13.0. The normalized spacial score (nSPS) is 13.8. The number of esters is 1. The molecule has 0 amide bonds. The molecular weight excluding hydrogens is 515 g/mol. The molecule has 0 radical (unpaired) electrons. The lowest BCUT2D eigenvalue weighted by atomic mass is 10.0. The predicted octanol–water partition coefficient (Wildman–Crippen LogP) is 6.73. The van der Waals surface area contributed by atoms with Gasteiger partial charge in [-0.1, -0.05) is 41.4 Å². The number of ether oxygens (including phenoxy) is 3. The summed E-state index contributed by atoms with van der Waals surface area (Å²) in [4.78, 5) is 28.1. The minimum Gasteiger partial charge on any atom is -0.489 e. The lowest BCUT2D eigenvalue weighted by Gasteiger charge is -2.21. The van der Waals surface area contributed by atoms with Crippen molar-refractivity contribution in [2.45, 2.75) is 32.0 Å². The molecule has 1 aliphatic rings. The van der Waals surface area contributed by atoms with Crippen LogP contribution in [0.25, 0.3) is 0 Å². The van der Waals surface area contributed by atoms with Gasteiger partial charge in [-0.2, -0.15) is 8.78 Å². The Bertz CT molecular complexity index is 1230. The molecule has 0 saturated heterocycles. The Hall–Kier alpha value is -3.23. The molecule has 1 heterocycles. The van der Waals surface area contributed by atoms with Gasteiger partial charge in [-0.25, -0.2) is 4.79 Å². The summed E-state index contributed by atoms with van der Waals surface area (Å²) in [6.45, 7) is -2.68. The molecule has 10 heteroatoms. The Morgan fingerprint density at radius 2 is 1.83 bits per heavy atom. The van der Waals surface area contributed by atoms with Crippen molar-refractivity contribution in [3.8, 4) is 11.5 Å². The van der Waals surface area contributed by atoms with Gasteiger partial charge in [0.2, 0.25) is 0 Å². The van der Waals surface area contributed by atoms with E-state index in [1.54, 1.807) is 12.1 Å². The van der Waals surface area contributed by atoms with Gasteiger partial charge in [-0.3, -0.25) is 9.78 Å². The quantitative estimate of drug-likeness (QED) is 0.200. The zero-order valence-corrected chi connectivity index (χ0v) is 20.3. The Kier molecular flexibility index (Phi) is 8.38. The number of halogens is 4. The number of aldehydes is 1. The molecule has 36 heavy (non-hydrogen) atoms. The number of carbonyl (C=O) groups excluding carboxylic acids is 2. The third-order valence-corrected chi connectivity index (χ3v) is 6.23. The lowest BCUT2D eigenvalue weighted by Crippen LogP contribution is -2.15. The number of aromatic nitrogens is 1. The fraction of sp³-hybridized carbons (Fsp3) is 0.269. The van der Waals surface area contributed by atoms with Gasteiger partial charge in [0.15, 0.2) is 11.5 Å². The van der Waals surface area contributed by atoms with E-state index in [1.807, 2.05) is 0 Å². The summed E-state index contributed by atoms with van der Waals surface area (Å²) in [7, 11) is 0. The Balaban J connectivity index is 1.68. The van der Waals surface area contributed by atoms with Crippen LogP contribution < -0.4 is 9.47 Å². The molecule has 1 aliphatic carbocycles. The van der Waals surface area contributed by atoms with Crippen LogP contribution in [0.5, 0.6) is 11.5 Å². The number of pyridine rings is 1. The number of nitrogens with zero attached hydrogens (tertiary/aromatic N) is 1. The number of rotatable bonds is 11. The van der Waals surface area contributed by atoms with E-state index in [9.17, 15) is 18.4 Å². The third kappa shape index (κ3) is 6.71. The molecule has 1 saturated carbocycles. The van der Waals surface area contributed by atoms with Crippen molar-refractivity contribution in [2.75, 3.05) is 6.61 Å². The van der Waals surface area contributed by atoms with E-state index in [0.29, 0.717) is 35.5 Å². The highest BCUT2D eigenvalue weighted by molar-refractivity contribution is 6.35. The van der Waals surface area contributed by atoms with Crippen molar-refractivity contribution >= 4 is 35.5 Å². The Morgan fingerprint density at radius 3 is 2.50 bits per heavy atom. The van der Waals surface area contributed by atoms with Crippen LogP contribution in [0.2, 0.25) is 10.0 Å². The summed E-state index contributed by atoms with van der Waals surface area (Å²) in [5.41, 5.74) is 1.41. The molecule has 0 bridgehead atoms. The van der Waals surface area contributed by atoms with Crippen LogP contribution >= 0.6 is 23.2 Å². The largest absolute Gasteiger partial charge is 0.489 e. The van der Waals surface area contributed by atoms with Crippen molar-refractivity contribution in [3.63, 3.8) is 0 Å². The van der Waals surface area contributed by atoms with Gasteiger partial charge in [0.05, 0.1) is 22.2 Å². The van der Waals surface area contributed by atoms with Gasteiger partial charge >= 0.3 is 12.6 Å². The second-order valence-electron chi connectivity index (χ2n) is 8.26. The van der Waals surface area contributed by atoms with Crippen LogP contribution in [-0.2, 0) is 11.2 Å². The average Bonchev–Trinajstić information content (AvgIpc) is 3.69. The van der Waals surface area contributed by atoms with Crippen molar-refractivity contribution in [3.05, 3.63) is 87.2 Å². The molecule has 188 valence electrons. The minimum atomic E-state index is -3.03. The summed E-state index contributed by atoms with van der Waals surface area (Å²) in [5, 5.41) is 0.545. The maximum Gasteiger partial charge on any atom is 0.387 e. The van der Waals surface area contributed by atoms with Crippen molar-refractivity contribution < 1.29 is 32.6 Å². The number of hydrogen-bond donors (Lipinski definition) is 0. The molecule has 0 unspecified atom stereocenters. The first-order chi connectivity index (χ1) is 17.3. The van der Waals surface area contributed by atoms with Gasteiger partial charge in [-0.15, -0.1) is 0 Å². The van der Waals surface area contributed by atoms with Crippen molar-refractivity contribution in [1.29, 1.82) is 0 Å². The predicted molar refractivity (Wildman–Crippen MR) is 129 cm³/mol. The second kappa shape index (κ2) is 11.7. The van der Waals surface area contributed by atoms with Crippen LogP contribution in [0.1, 0.15) is 50.8 Å². The maximum atomic E-state index is 13.0. The second-order valence-corrected chi connectivity index (χ2v) is 9.08. The minimum absolute atomic E-state index is 0.0659. The van der Waals surface area contributed by atoms with Gasteiger partial charge in [0.25, 0.3) is 0 Å². The molecule has 1 aromatic heterocycles. The van der Waals surface area contributed by atoms with E-state index >= 15 is 0 Å². The summed E-state index contributed by atoms with van der Waals surface area (Å²) in [6.07, 6.45) is 4.59. The molecule has 1 atom stereocenters. The van der Waals surface area contributed by atoms with E-state index in [1.165, 1.54) is 42.7 Å². The van der Waals surface area contributed by atoms with Crippen LogP contribution in [0.4, 0.5) is 8.78 Å². The van der Waals surface area contributed by atoms with Crippen LogP contribution in [0, 0.1) is 5.92 Å². The molecular formula is C26H21Cl2F2NO5. The van der Waals surface area contributed by atoms with E-state index < -0.39 is 18.7 Å². The first-order valence-electron chi connectivity index (χ1n) is 11.1. The molecule has 0 spiro atoms. The lowest BCUT2D eigenvalue weighted by molar-refractivity contribution is -0.0515.